The smallest absolute Gasteiger partial charge is 0.243 e. The van der Waals surface area contributed by atoms with Gasteiger partial charge in [0.05, 0.1) is 21.7 Å². The molecule has 30 heavy (non-hydrogen) atoms. The first-order valence-corrected chi connectivity index (χ1v) is 11.9. The van der Waals surface area contributed by atoms with Crippen LogP contribution in [-0.4, -0.2) is 65.0 Å². The number of para-hydroxylation sites is 2. The van der Waals surface area contributed by atoms with Crippen LogP contribution < -0.4 is 0 Å². The molecule has 1 fully saturated rings. The summed E-state index contributed by atoms with van der Waals surface area (Å²) in [6, 6.07) is 12.8. The lowest BCUT2D eigenvalue weighted by Gasteiger charge is -2.34. The molecule has 7 nitrogen and oxygen atoms in total. The number of carbonyl (C=O) groups excluding carboxylic acids is 1. The monoisotopic (exact) mass is 448 g/mol. The van der Waals surface area contributed by atoms with E-state index in [1.165, 1.54) is 34.3 Å². The molecule has 0 spiro atoms. The molecule has 1 aliphatic heterocycles. The molecule has 2 heterocycles. The fraction of sp³-hybridized carbons (Fsp3) is 0.300. The van der Waals surface area contributed by atoms with Gasteiger partial charge in [-0.05, 0) is 30.3 Å². The zero-order chi connectivity index (χ0) is 21.3. The van der Waals surface area contributed by atoms with Crippen LogP contribution in [0.5, 0.6) is 0 Å². The SMILES string of the molecule is Cn1c(SCC(=O)N2CCN(S(=O)(=O)c3cccc(F)c3)CC2)nc2ccccc21. The summed E-state index contributed by atoms with van der Waals surface area (Å²) >= 11 is 1.37. The minimum Gasteiger partial charge on any atom is -0.339 e. The van der Waals surface area contributed by atoms with Gasteiger partial charge in [0, 0.05) is 33.2 Å². The number of imidazole rings is 1. The van der Waals surface area contributed by atoms with Gasteiger partial charge in [-0.25, -0.2) is 17.8 Å². The van der Waals surface area contributed by atoms with Crippen LogP contribution >= 0.6 is 11.8 Å². The number of nitrogens with zero attached hydrogens (tertiary/aromatic N) is 4. The molecule has 0 saturated carbocycles. The largest absolute Gasteiger partial charge is 0.339 e. The zero-order valence-corrected chi connectivity index (χ0v) is 18.0. The lowest BCUT2D eigenvalue weighted by atomic mass is 10.3. The standard InChI is InChI=1S/C20H21FN4O3S2/c1-23-18-8-3-2-7-17(18)22-20(23)29-14-19(26)24-9-11-25(12-10-24)30(27,28)16-6-4-5-15(21)13-16/h2-8,13H,9-12,14H2,1H3. The van der Waals surface area contributed by atoms with E-state index in [4.69, 9.17) is 0 Å². The maximum atomic E-state index is 13.4. The van der Waals surface area contributed by atoms with E-state index in [0.717, 1.165) is 22.3 Å². The molecule has 1 amide bonds. The molecule has 3 aromatic rings. The second-order valence-electron chi connectivity index (χ2n) is 6.97. The van der Waals surface area contributed by atoms with Gasteiger partial charge in [0.15, 0.2) is 5.16 Å². The quantitative estimate of drug-likeness (QED) is 0.560. The molecule has 0 unspecified atom stereocenters. The highest BCUT2D eigenvalue weighted by atomic mass is 32.2. The normalized spacial score (nSPS) is 15.6. The van der Waals surface area contributed by atoms with Crippen molar-refractivity contribution in [3.8, 4) is 0 Å². The van der Waals surface area contributed by atoms with Crippen LogP contribution in [0.25, 0.3) is 11.0 Å². The van der Waals surface area contributed by atoms with Crippen LogP contribution in [-0.2, 0) is 21.9 Å². The molecule has 2 aromatic carbocycles. The maximum Gasteiger partial charge on any atom is 0.243 e. The average molecular weight is 449 g/mol. The average Bonchev–Trinajstić information content (AvgIpc) is 3.08. The number of hydrogen-bond donors (Lipinski definition) is 0. The second kappa shape index (κ2) is 8.37. The molecule has 1 aliphatic rings. The highest BCUT2D eigenvalue weighted by molar-refractivity contribution is 7.99. The van der Waals surface area contributed by atoms with Crippen molar-refractivity contribution in [2.45, 2.75) is 10.1 Å². The third-order valence-electron chi connectivity index (χ3n) is 5.10. The molecule has 0 aliphatic carbocycles. The van der Waals surface area contributed by atoms with E-state index < -0.39 is 15.8 Å². The van der Waals surface area contributed by atoms with Gasteiger partial charge < -0.3 is 9.47 Å². The number of benzene rings is 2. The Bertz CT molecular complexity index is 1190. The van der Waals surface area contributed by atoms with Crippen molar-refractivity contribution >= 4 is 38.7 Å². The molecule has 0 N–H and O–H groups in total. The lowest BCUT2D eigenvalue weighted by Crippen LogP contribution is -2.51. The van der Waals surface area contributed by atoms with Gasteiger partial charge >= 0.3 is 0 Å². The van der Waals surface area contributed by atoms with Gasteiger partial charge in [0.25, 0.3) is 0 Å². The molecule has 0 bridgehead atoms. The maximum absolute atomic E-state index is 13.4. The molecule has 158 valence electrons. The van der Waals surface area contributed by atoms with Crippen molar-refractivity contribution in [2.75, 3.05) is 31.9 Å². The third kappa shape index (κ3) is 4.07. The fourth-order valence-corrected chi connectivity index (χ4v) is 5.77. The number of piperazine rings is 1. The number of sulfonamides is 1. The summed E-state index contributed by atoms with van der Waals surface area (Å²) in [5, 5.41) is 0.761. The second-order valence-corrected chi connectivity index (χ2v) is 9.85. The highest BCUT2D eigenvalue weighted by Crippen LogP contribution is 2.23. The zero-order valence-electron chi connectivity index (χ0n) is 16.4. The number of amides is 1. The Morgan fingerprint density at radius 3 is 2.53 bits per heavy atom. The van der Waals surface area contributed by atoms with Crippen molar-refractivity contribution in [3.05, 3.63) is 54.3 Å². The van der Waals surface area contributed by atoms with E-state index in [2.05, 4.69) is 4.98 Å². The molecular weight excluding hydrogens is 427 g/mol. The molecule has 0 atom stereocenters. The predicted molar refractivity (Wildman–Crippen MR) is 113 cm³/mol. The molecule has 10 heteroatoms. The van der Waals surface area contributed by atoms with E-state index >= 15 is 0 Å². The van der Waals surface area contributed by atoms with Crippen LogP contribution in [0.2, 0.25) is 0 Å². The summed E-state index contributed by atoms with van der Waals surface area (Å²) in [5.41, 5.74) is 1.88. The number of halogens is 1. The fourth-order valence-electron chi connectivity index (χ4n) is 3.42. The number of aryl methyl sites for hydroxylation is 1. The Morgan fingerprint density at radius 2 is 1.83 bits per heavy atom. The number of fused-ring (bicyclic) bond motifs is 1. The van der Waals surface area contributed by atoms with E-state index in [9.17, 15) is 17.6 Å². The summed E-state index contributed by atoms with van der Waals surface area (Å²) in [6.45, 7) is 0.968. The van der Waals surface area contributed by atoms with E-state index in [1.807, 2.05) is 35.9 Å². The third-order valence-corrected chi connectivity index (χ3v) is 8.01. The topological polar surface area (TPSA) is 75.5 Å². The number of hydrogen-bond acceptors (Lipinski definition) is 5. The van der Waals surface area contributed by atoms with Crippen LogP contribution in [0.15, 0.2) is 58.6 Å². The number of aromatic nitrogens is 2. The van der Waals surface area contributed by atoms with Crippen LogP contribution in [0.3, 0.4) is 0 Å². The Hall–Kier alpha value is -2.43. The number of rotatable bonds is 5. The Labute approximate surface area is 178 Å². The van der Waals surface area contributed by atoms with Crippen LogP contribution in [0.1, 0.15) is 0 Å². The van der Waals surface area contributed by atoms with E-state index in [1.54, 1.807) is 4.90 Å². The molecule has 0 radical (unpaired) electrons. The molecule has 1 saturated heterocycles. The van der Waals surface area contributed by atoms with Gasteiger partial charge in [-0.1, -0.05) is 30.0 Å². The summed E-state index contributed by atoms with van der Waals surface area (Å²) in [5.74, 6) is -0.424. The predicted octanol–water partition coefficient (Wildman–Crippen LogP) is 2.34. The van der Waals surface area contributed by atoms with E-state index in [0.29, 0.717) is 13.1 Å². The van der Waals surface area contributed by atoms with Gasteiger partial charge in [-0.3, -0.25) is 4.79 Å². The molecule has 4 rings (SSSR count). The highest BCUT2D eigenvalue weighted by Gasteiger charge is 2.30. The molecular formula is C20H21FN4O3S2. The van der Waals surface area contributed by atoms with Gasteiger partial charge in [-0.15, -0.1) is 0 Å². The van der Waals surface area contributed by atoms with Gasteiger partial charge in [0.1, 0.15) is 5.82 Å². The summed E-state index contributed by atoms with van der Waals surface area (Å²) in [4.78, 5) is 18.8. The van der Waals surface area contributed by atoms with Crippen molar-refractivity contribution in [3.63, 3.8) is 0 Å². The van der Waals surface area contributed by atoms with Gasteiger partial charge in [-0.2, -0.15) is 4.31 Å². The Morgan fingerprint density at radius 1 is 1.10 bits per heavy atom. The van der Waals surface area contributed by atoms with Crippen LogP contribution in [0.4, 0.5) is 4.39 Å². The summed E-state index contributed by atoms with van der Waals surface area (Å²) in [7, 11) is -1.86. The van der Waals surface area contributed by atoms with Gasteiger partial charge in [0.2, 0.25) is 15.9 Å². The van der Waals surface area contributed by atoms with Crippen molar-refractivity contribution in [1.82, 2.24) is 18.8 Å². The van der Waals surface area contributed by atoms with E-state index in [-0.39, 0.29) is 29.6 Å². The first kappa shape index (κ1) is 20.8. The van der Waals surface area contributed by atoms with Crippen molar-refractivity contribution in [2.24, 2.45) is 7.05 Å². The van der Waals surface area contributed by atoms with Crippen molar-refractivity contribution in [1.29, 1.82) is 0 Å². The Balaban J connectivity index is 1.35. The summed E-state index contributed by atoms with van der Waals surface area (Å²) < 4.78 is 42.0. The summed E-state index contributed by atoms with van der Waals surface area (Å²) in [6.07, 6.45) is 0. The first-order valence-electron chi connectivity index (χ1n) is 9.44. The lowest BCUT2D eigenvalue weighted by molar-refractivity contribution is -0.129. The van der Waals surface area contributed by atoms with Crippen molar-refractivity contribution < 1.29 is 17.6 Å². The first-order chi connectivity index (χ1) is 14.4. The Kier molecular flexibility index (Phi) is 5.81. The number of carbonyl (C=O) groups is 1. The number of thioether (sulfide) groups is 1. The molecule has 1 aromatic heterocycles. The minimum atomic E-state index is -3.77. The minimum absolute atomic E-state index is 0.0603. The van der Waals surface area contributed by atoms with Crippen LogP contribution in [0, 0.1) is 5.82 Å².